The van der Waals surface area contributed by atoms with E-state index in [4.69, 9.17) is 4.74 Å². The molecule has 1 rings (SSSR count). The van der Waals surface area contributed by atoms with Crippen molar-refractivity contribution in [3.8, 4) is 0 Å². The van der Waals surface area contributed by atoms with Crippen LogP contribution in [0.25, 0.3) is 0 Å². The molecular formula is C14H16N2O4S. The van der Waals surface area contributed by atoms with Gasteiger partial charge in [-0.05, 0) is 17.5 Å². The molecule has 0 spiro atoms. The number of ether oxygens (including phenoxy) is 1. The summed E-state index contributed by atoms with van der Waals surface area (Å²) >= 11 is 1.37. The van der Waals surface area contributed by atoms with Crippen LogP contribution in [0.1, 0.15) is 0 Å². The number of carbonyl (C=O) groups excluding carboxylic acids is 3. The van der Waals surface area contributed by atoms with Crippen LogP contribution in [0.4, 0.5) is 0 Å². The Labute approximate surface area is 126 Å². The van der Waals surface area contributed by atoms with Gasteiger partial charge in [-0.3, -0.25) is 9.59 Å². The predicted octanol–water partition coefficient (Wildman–Crippen LogP) is 0.698. The third-order valence-electron chi connectivity index (χ3n) is 2.22. The summed E-state index contributed by atoms with van der Waals surface area (Å²) in [4.78, 5) is 34.5. The average Bonchev–Trinajstić information content (AvgIpc) is 2.51. The molecule has 1 aromatic rings. The molecule has 0 atom stereocenters. The van der Waals surface area contributed by atoms with Crippen molar-refractivity contribution in [1.29, 1.82) is 0 Å². The van der Waals surface area contributed by atoms with Crippen LogP contribution in [0.3, 0.4) is 0 Å². The zero-order valence-corrected chi connectivity index (χ0v) is 12.3. The molecule has 0 saturated heterocycles. The van der Waals surface area contributed by atoms with Crippen LogP contribution in [0, 0.1) is 0 Å². The number of nitrogens with one attached hydrogen (secondary N) is 2. The minimum Gasteiger partial charge on any atom is -0.452 e. The Morgan fingerprint density at radius 1 is 1.19 bits per heavy atom. The molecule has 21 heavy (non-hydrogen) atoms. The molecule has 0 saturated carbocycles. The molecule has 0 unspecified atom stereocenters. The van der Waals surface area contributed by atoms with Crippen molar-refractivity contribution < 1.29 is 19.1 Å². The molecule has 2 amide bonds. The Balaban J connectivity index is 2.21. The van der Waals surface area contributed by atoms with Crippen molar-refractivity contribution >= 4 is 29.5 Å². The number of likely N-dealkylation sites (N-methyl/N-ethyl adjacent to an activating group) is 1. The second-order valence-corrected chi connectivity index (χ2v) is 4.77. The zero-order valence-electron chi connectivity index (χ0n) is 11.5. The first-order valence-corrected chi connectivity index (χ1v) is 7.02. The largest absolute Gasteiger partial charge is 0.452 e. The Morgan fingerprint density at radius 2 is 1.90 bits per heavy atom. The van der Waals surface area contributed by atoms with Gasteiger partial charge in [-0.1, -0.05) is 30.0 Å². The summed E-state index contributed by atoms with van der Waals surface area (Å²) in [6.45, 7) is -0.567. The number of benzene rings is 1. The fourth-order valence-electron chi connectivity index (χ4n) is 1.17. The number of carbonyl (C=O) groups is 3. The zero-order chi connectivity index (χ0) is 15.5. The lowest BCUT2D eigenvalue weighted by molar-refractivity contribution is -0.144. The summed E-state index contributed by atoms with van der Waals surface area (Å²) in [5.41, 5.74) is 0. The second-order valence-electron chi connectivity index (χ2n) is 3.79. The SMILES string of the molecule is CNC(=O)CNC(=O)COC(=O)/C=C/Sc1ccccc1. The first-order valence-electron chi connectivity index (χ1n) is 6.14. The minimum atomic E-state index is -0.617. The lowest BCUT2D eigenvalue weighted by atomic mass is 10.4. The normalized spacial score (nSPS) is 10.1. The van der Waals surface area contributed by atoms with E-state index in [9.17, 15) is 14.4 Å². The van der Waals surface area contributed by atoms with Gasteiger partial charge in [0.1, 0.15) is 0 Å². The van der Waals surface area contributed by atoms with Crippen LogP contribution in [-0.4, -0.2) is 38.0 Å². The molecule has 0 bridgehead atoms. The molecule has 0 aliphatic carbocycles. The van der Waals surface area contributed by atoms with Crippen LogP contribution in [0.15, 0.2) is 46.7 Å². The van der Waals surface area contributed by atoms with E-state index in [1.807, 2.05) is 30.3 Å². The van der Waals surface area contributed by atoms with E-state index in [2.05, 4.69) is 10.6 Å². The van der Waals surface area contributed by atoms with Crippen molar-refractivity contribution in [3.05, 3.63) is 41.8 Å². The Morgan fingerprint density at radius 3 is 2.57 bits per heavy atom. The standard InChI is InChI=1S/C14H16N2O4S/c1-15-12(17)9-16-13(18)10-20-14(19)7-8-21-11-5-3-2-4-6-11/h2-8H,9-10H2,1H3,(H,15,17)(H,16,18)/b8-7+. The molecule has 6 nitrogen and oxygen atoms in total. The van der Waals surface area contributed by atoms with Gasteiger partial charge in [0.05, 0.1) is 6.54 Å². The number of rotatable bonds is 7. The quantitative estimate of drug-likeness (QED) is 0.440. The van der Waals surface area contributed by atoms with Gasteiger partial charge in [0.15, 0.2) is 6.61 Å². The Kier molecular flexibility index (Phi) is 7.67. The highest BCUT2D eigenvalue weighted by Gasteiger charge is 2.06. The first kappa shape index (κ1) is 16.8. The Bertz CT molecular complexity index is 517. The van der Waals surface area contributed by atoms with Crippen molar-refractivity contribution in [2.75, 3.05) is 20.2 Å². The first-order chi connectivity index (χ1) is 10.1. The van der Waals surface area contributed by atoms with Crippen LogP contribution >= 0.6 is 11.8 Å². The van der Waals surface area contributed by atoms with Crippen LogP contribution in [0.5, 0.6) is 0 Å². The monoisotopic (exact) mass is 308 g/mol. The van der Waals surface area contributed by atoms with Gasteiger partial charge in [-0.15, -0.1) is 0 Å². The van der Waals surface area contributed by atoms with Gasteiger partial charge in [0.25, 0.3) is 5.91 Å². The molecule has 112 valence electrons. The van der Waals surface area contributed by atoms with Gasteiger partial charge in [-0.25, -0.2) is 4.79 Å². The van der Waals surface area contributed by atoms with Crippen LogP contribution in [-0.2, 0) is 19.1 Å². The maximum absolute atomic E-state index is 11.4. The third kappa shape index (κ3) is 7.78. The molecule has 7 heteroatoms. The van der Waals surface area contributed by atoms with Crippen molar-refractivity contribution in [3.63, 3.8) is 0 Å². The number of hydrogen-bond acceptors (Lipinski definition) is 5. The summed E-state index contributed by atoms with van der Waals surface area (Å²) in [7, 11) is 1.46. The summed E-state index contributed by atoms with van der Waals surface area (Å²) in [6, 6.07) is 9.51. The maximum Gasteiger partial charge on any atom is 0.331 e. The van der Waals surface area contributed by atoms with Gasteiger partial charge < -0.3 is 15.4 Å². The molecule has 0 fully saturated rings. The van der Waals surface area contributed by atoms with Crippen LogP contribution in [0.2, 0.25) is 0 Å². The minimum absolute atomic E-state index is 0.146. The summed E-state index contributed by atoms with van der Waals surface area (Å²) < 4.78 is 4.72. The molecule has 2 N–H and O–H groups in total. The summed E-state index contributed by atoms with van der Waals surface area (Å²) in [6.07, 6.45) is 1.24. The van der Waals surface area contributed by atoms with Gasteiger partial charge in [0, 0.05) is 18.0 Å². The number of hydrogen-bond donors (Lipinski definition) is 2. The number of amides is 2. The van der Waals surface area contributed by atoms with Crippen molar-refractivity contribution in [1.82, 2.24) is 10.6 Å². The van der Waals surface area contributed by atoms with Gasteiger partial charge in [0.2, 0.25) is 5.91 Å². The lowest BCUT2D eigenvalue weighted by Crippen LogP contribution is -2.37. The third-order valence-corrected chi connectivity index (χ3v) is 3.04. The average molecular weight is 308 g/mol. The smallest absolute Gasteiger partial charge is 0.331 e. The fourth-order valence-corrected chi connectivity index (χ4v) is 1.82. The molecular weight excluding hydrogens is 292 g/mol. The molecule has 0 aliphatic rings. The number of esters is 1. The molecule has 0 radical (unpaired) electrons. The van der Waals surface area contributed by atoms with Gasteiger partial charge >= 0.3 is 5.97 Å². The molecule has 1 aromatic carbocycles. The maximum atomic E-state index is 11.4. The highest BCUT2D eigenvalue weighted by atomic mass is 32.2. The topological polar surface area (TPSA) is 84.5 Å². The van der Waals surface area contributed by atoms with Crippen LogP contribution < -0.4 is 10.6 Å². The van der Waals surface area contributed by atoms with E-state index in [1.54, 1.807) is 5.41 Å². The second kappa shape index (κ2) is 9.60. The lowest BCUT2D eigenvalue weighted by Gasteiger charge is -2.04. The molecule has 0 aliphatic heterocycles. The van der Waals surface area contributed by atoms with E-state index < -0.39 is 18.5 Å². The van der Waals surface area contributed by atoms with Gasteiger partial charge in [-0.2, -0.15) is 0 Å². The van der Waals surface area contributed by atoms with E-state index in [0.717, 1.165) is 4.90 Å². The fraction of sp³-hybridized carbons (Fsp3) is 0.214. The van der Waals surface area contributed by atoms with Crippen molar-refractivity contribution in [2.24, 2.45) is 0 Å². The number of thioether (sulfide) groups is 1. The van der Waals surface area contributed by atoms with E-state index >= 15 is 0 Å². The van der Waals surface area contributed by atoms with E-state index in [1.165, 1.54) is 24.9 Å². The highest BCUT2D eigenvalue weighted by molar-refractivity contribution is 8.02. The molecule has 0 heterocycles. The highest BCUT2D eigenvalue weighted by Crippen LogP contribution is 2.17. The predicted molar refractivity (Wildman–Crippen MR) is 79.5 cm³/mol. The van der Waals surface area contributed by atoms with E-state index in [0.29, 0.717) is 0 Å². The van der Waals surface area contributed by atoms with E-state index in [-0.39, 0.29) is 12.5 Å². The Hall–Kier alpha value is -2.28. The van der Waals surface area contributed by atoms with Crippen molar-refractivity contribution in [2.45, 2.75) is 4.90 Å². The summed E-state index contributed by atoms with van der Waals surface area (Å²) in [5, 5.41) is 6.25. The molecule has 0 aromatic heterocycles. The summed E-state index contributed by atoms with van der Waals surface area (Å²) in [5.74, 6) is -1.47.